The first-order valence-electron chi connectivity index (χ1n) is 32.5. The monoisotopic (exact) mass is 1100 g/mol. The summed E-state index contributed by atoms with van der Waals surface area (Å²) in [5, 5.41) is 0. The molecule has 0 radical (unpaired) electrons. The first-order valence-corrected chi connectivity index (χ1v) is 32.5. The lowest BCUT2D eigenvalue weighted by atomic mass is 10.1. The van der Waals surface area contributed by atoms with E-state index in [0.29, 0.717) is 19.3 Å². The Hall–Kier alpha value is -4.97. The fourth-order valence-corrected chi connectivity index (χ4v) is 8.45. The molecule has 6 heteroatoms. The molecular weight excluding hydrogens is 985 g/mol. The van der Waals surface area contributed by atoms with Crippen LogP contribution in [0.25, 0.3) is 0 Å². The molecular formula is C74H118O6. The van der Waals surface area contributed by atoms with E-state index < -0.39 is 6.10 Å². The van der Waals surface area contributed by atoms with Gasteiger partial charge in [0.2, 0.25) is 0 Å². The van der Waals surface area contributed by atoms with Crippen LogP contribution in [-0.4, -0.2) is 37.2 Å². The van der Waals surface area contributed by atoms with Gasteiger partial charge in [-0.15, -0.1) is 0 Å². The summed E-state index contributed by atoms with van der Waals surface area (Å²) in [6, 6.07) is 0. The summed E-state index contributed by atoms with van der Waals surface area (Å²) in [6.07, 6.45) is 96.8. The van der Waals surface area contributed by atoms with E-state index in [2.05, 4.69) is 179 Å². The highest BCUT2D eigenvalue weighted by Crippen LogP contribution is 2.14. The number of carbonyl (C=O) groups is 3. The van der Waals surface area contributed by atoms with Crippen LogP contribution in [0.2, 0.25) is 0 Å². The van der Waals surface area contributed by atoms with Crippen molar-refractivity contribution in [2.75, 3.05) is 13.2 Å². The molecule has 0 aliphatic carbocycles. The number of carbonyl (C=O) groups excluding carboxylic acids is 3. The van der Waals surface area contributed by atoms with E-state index in [1.54, 1.807) is 0 Å². The minimum Gasteiger partial charge on any atom is -0.462 e. The summed E-state index contributed by atoms with van der Waals surface area (Å²) < 4.78 is 16.9. The van der Waals surface area contributed by atoms with Crippen molar-refractivity contribution in [3.05, 3.63) is 158 Å². The molecule has 0 saturated heterocycles. The summed E-state index contributed by atoms with van der Waals surface area (Å²) in [6.45, 7) is 6.35. The third-order valence-electron chi connectivity index (χ3n) is 13.2. The minimum atomic E-state index is -0.825. The van der Waals surface area contributed by atoms with E-state index in [1.165, 1.54) is 83.5 Å². The molecule has 450 valence electrons. The minimum absolute atomic E-state index is 0.114. The van der Waals surface area contributed by atoms with Gasteiger partial charge in [-0.1, -0.05) is 269 Å². The van der Waals surface area contributed by atoms with E-state index in [0.717, 1.165) is 141 Å². The van der Waals surface area contributed by atoms with Crippen LogP contribution in [0, 0.1) is 0 Å². The van der Waals surface area contributed by atoms with Crippen LogP contribution in [0.1, 0.15) is 271 Å². The number of unbranched alkanes of at least 4 members (excludes halogenated alkanes) is 20. The molecule has 0 N–H and O–H groups in total. The average Bonchev–Trinajstić information content (AvgIpc) is 3.46. The molecule has 0 fully saturated rings. The molecule has 0 rings (SSSR count). The number of rotatable bonds is 57. The Morgan fingerprint density at radius 2 is 0.500 bits per heavy atom. The quantitative estimate of drug-likeness (QED) is 0.0261. The van der Waals surface area contributed by atoms with E-state index in [1.807, 2.05) is 0 Å². The molecule has 0 aromatic heterocycles. The van der Waals surface area contributed by atoms with E-state index in [-0.39, 0.29) is 37.5 Å². The van der Waals surface area contributed by atoms with Gasteiger partial charge in [-0.3, -0.25) is 14.4 Å². The molecule has 80 heavy (non-hydrogen) atoms. The largest absolute Gasteiger partial charge is 0.462 e. The molecule has 0 aliphatic heterocycles. The van der Waals surface area contributed by atoms with Gasteiger partial charge in [0, 0.05) is 19.3 Å². The van der Waals surface area contributed by atoms with Crippen LogP contribution in [0.3, 0.4) is 0 Å². The van der Waals surface area contributed by atoms with Crippen LogP contribution >= 0.6 is 0 Å². The summed E-state index contributed by atoms with van der Waals surface area (Å²) in [4.78, 5) is 38.3. The zero-order valence-electron chi connectivity index (χ0n) is 51.5. The van der Waals surface area contributed by atoms with Crippen LogP contribution < -0.4 is 0 Å². The summed E-state index contributed by atoms with van der Waals surface area (Å²) in [5.74, 6) is -0.994. The van der Waals surface area contributed by atoms with Crippen molar-refractivity contribution in [1.82, 2.24) is 0 Å². The molecule has 0 heterocycles. The maximum Gasteiger partial charge on any atom is 0.306 e. The molecule has 0 aromatic carbocycles. The summed E-state index contributed by atoms with van der Waals surface area (Å²) in [7, 11) is 0. The molecule has 6 nitrogen and oxygen atoms in total. The highest BCUT2D eigenvalue weighted by molar-refractivity contribution is 5.71. The van der Waals surface area contributed by atoms with Crippen molar-refractivity contribution in [2.45, 2.75) is 277 Å². The molecule has 0 aliphatic rings. The molecule has 0 saturated carbocycles. The molecule has 0 amide bonds. The second-order valence-corrected chi connectivity index (χ2v) is 20.9. The van der Waals surface area contributed by atoms with Gasteiger partial charge in [0.1, 0.15) is 13.2 Å². The van der Waals surface area contributed by atoms with Gasteiger partial charge in [-0.2, -0.15) is 0 Å². The van der Waals surface area contributed by atoms with Gasteiger partial charge in [-0.05, 0) is 141 Å². The maximum atomic E-state index is 12.9. The number of esters is 3. The smallest absolute Gasteiger partial charge is 0.306 e. The van der Waals surface area contributed by atoms with Gasteiger partial charge in [0.15, 0.2) is 6.10 Å². The third kappa shape index (κ3) is 63.9. The van der Waals surface area contributed by atoms with E-state index in [4.69, 9.17) is 14.2 Å². The average molecular weight is 1100 g/mol. The Kier molecular flexibility index (Phi) is 62.4. The highest BCUT2D eigenvalue weighted by atomic mass is 16.6. The second-order valence-electron chi connectivity index (χ2n) is 20.9. The lowest BCUT2D eigenvalue weighted by Crippen LogP contribution is -2.30. The van der Waals surface area contributed by atoms with Crippen LogP contribution in [0.15, 0.2) is 158 Å². The zero-order valence-corrected chi connectivity index (χ0v) is 51.5. The SMILES string of the molecule is CC/C=C\C/C=C\C/C=C\C/C=C\C/C=C\C/C=C\C/C=C\CCCCCCCCCC(=O)OCC(COC(=O)CCCCCCC/C=C\CCCCCCCCC)OC(=O)CCC/C=C\C/C=C\C/C=C\C/C=C\C/C=C\CC. The third-order valence-corrected chi connectivity index (χ3v) is 13.2. The lowest BCUT2D eigenvalue weighted by Gasteiger charge is -2.18. The van der Waals surface area contributed by atoms with E-state index in [9.17, 15) is 14.4 Å². The van der Waals surface area contributed by atoms with Gasteiger partial charge in [-0.25, -0.2) is 0 Å². The topological polar surface area (TPSA) is 78.9 Å². The van der Waals surface area contributed by atoms with Crippen LogP contribution in [0.4, 0.5) is 0 Å². The normalized spacial score (nSPS) is 13.2. The maximum absolute atomic E-state index is 12.9. The molecule has 0 bridgehead atoms. The predicted molar refractivity (Wildman–Crippen MR) is 348 cm³/mol. The standard InChI is InChI=1S/C74H118O6/c1-4-7-10-13-16-19-22-25-28-31-32-33-34-35-36-37-38-39-40-41-42-44-46-49-52-55-58-61-64-67-73(76)79-70-71(69-78-72(75)66-63-60-57-54-51-48-45-30-27-24-21-18-15-12-9-6-3)80-74(77)68-65-62-59-56-53-50-47-43-29-26-23-20-17-14-11-8-5-2/h7-8,10-11,16-17,19-20,25-26,28-30,32-33,35-36,38-39,41-42,45,47,50,56,59,71H,4-6,9,12-15,18,21-24,27,31,34,37,40,43-44,46,48-49,51-55,57-58,60-70H2,1-3H3/b10-7-,11-8-,19-16-,20-17-,28-25-,29-26-,33-32-,36-35-,39-38-,42-41-,45-30-,50-47-,59-56-. The highest BCUT2D eigenvalue weighted by Gasteiger charge is 2.19. The summed E-state index contributed by atoms with van der Waals surface area (Å²) >= 11 is 0. The Bertz CT molecular complexity index is 1790. The summed E-state index contributed by atoms with van der Waals surface area (Å²) in [5.41, 5.74) is 0. The Labute approximate surface area is 492 Å². The first-order chi connectivity index (χ1) is 39.5. The van der Waals surface area contributed by atoms with Gasteiger partial charge < -0.3 is 14.2 Å². The van der Waals surface area contributed by atoms with Crippen molar-refractivity contribution in [3.8, 4) is 0 Å². The molecule has 1 unspecified atom stereocenters. The Morgan fingerprint density at radius 3 is 0.812 bits per heavy atom. The van der Waals surface area contributed by atoms with Crippen LogP contribution in [-0.2, 0) is 28.6 Å². The fraction of sp³-hybridized carbons (Fsp3) is 0.608. The van der Waals surface area contributed by atoms with Crippen molar-refractivity contribution < 1.29 is 28.6 Å². The van der Waals surface area contributed by atoms with Crippen LogP contribution in [0.5, 0.6) is 0 Å². The van der Waals surface area contributed by atoms with Crippen molar-refractivity contribution in [1.29, 1.82) is 0 Å². The van der Waals surface area contributed by atoms with Gasteiger partial charge in [0.25, 0.3) is 0 Å². The van der Waals surface area contributed by atoms with E-state index >= 15 is 0 Å². The first kappa shape index (κ1) is 75.0. The Morgan fingerprint density at radius 1 is 0.263 bits per heavy atom. The Balaban J connectivity index is 4.45. The van der Waals surface area contributed by atoms with Crippen molar-refractivity contribution in [3.63, 3.8) is 0 Å². The van der Waals surface area contributed by atoms with Gasteiger partial charge in [0.05, 0.1) is 0 Å². The molecule has 0 spiro atoms. The predicted octanol–water partition coefficient (Wildman–Crippen LogP) is 22.5. The zero-order chi connectivity index (χ0) is 57.8. The number of hydrogen-bond donors (Lipinski definition) is 0. The van der Waals surface area contributed by atoms with Gasteiger partial charge >= 0.3 is 17.9 Å². The fourth-order valence-electron chi connectivity index (χ4n) is 8.45. The molecule has 1 atom stereocenters. The molecule has 0 aromatic rings. The van der Waals surface area contributed by atoms with Crippen molar-refractivity contribution in [2.24, 2.45) is 0 Å². The number of hydrogen-bond acceptors (Lipinski definition) is 6. The second kappa shape index (κ2) is 66.5. The van der Waals surface area contributed by atoms with Crippen molar-refractivity contribution >= 4 is 17.9 Å². The lowest BCUT2D eigenvalue weighted by molar-refractivity contribution is -0.167. The number of allylic oxidation sites excluding steroid dienone is 26. The number of ether oxygens (including phenoxy) is 3.